The number of alkyl carbamates (subject to hydrolysis) is 1. The summed E-state index contributed by atoms with van der Waals surface area (Å²) in [4.78, 5) is 52.4. The fraction of sp³-hybridized carbons (Fsp3) is 0.275. The summed E-state index contributed by atoms with van der Waals surface area (Å²) in [6, 6.07) is 33.3. The molecule has 0 aromatic heterocycles. The molecule has 1 fully saturated rings. The molecule has 1 aliphatic heterocycles. The molecule has 0 bridgehead atoms. The number of hydrogen-bond acceptors (Lipinski definition) is 6. The van der Waals surface area contributed by atoms with Crippen LogP contribution in [0.25, 0.3) is 11.1 Å². The van der Waals surface area contributed by atoms with E-state index in [2.05, 4.69) is 46.3 Å². The molecule has 0 radical (unpaired) electrons. The van der Waals surface area contributed by atoms with Gasteiger partial charge in [-0.05, 0) is 58.2 Å². The van der Waals surface area contributed by atoms with Crippen molar-refractivity contribution in [3.05, 3.63) is 131 Å². The minimum Gasteiger partial charge on any atom is -0.465 e. The summed E-state index contributed by atoms with van der Waals surface area (Å²) in [6.45, 7) is 0.706. The van der Waals surface area contributed by atoms with Gasteiger partial charge in [0, 0.05) is 25.6 Å². The maximum Gasteiger partial charge on any atom is 0.407 e. The maximum absolute atomic E-state index is 13.6. The first-order valence-corrected chi connectivity index (χ1v) is 17.0. The number of carbonyl (C=O) groups is 4. The molecular formula is C40H39N5O6. The topological polar surface area (TPSA) is 161 Å². The zero-order valence-corrected chi connectivity index (χ0v) is 28.0. The van der Waals surface area contributed by atoms with Gasteiger partial charge >= 0.3 is 12.2 Å². The Bertz CT molecular complexity index is 1880. The zero-order chi connectivity index (χ0) is 35.7. The molecule has 4 N–H and O–H groups in total. The van der Waals surface area contributed by atoms with Gasteiger partial charge in [-0.3, -0.25) is 9.59 Å². The van der Waals surface area contributed by atoms with Gasteiger partial charge in [0.05, 0.1) is 12.0 Å². The maximum atomic E-state index is 13.6. The van der Waals surface area contributed by atoms with E-state index >= 15 is 0 Å². The van der Waals surface area contributed by atoms with Crippen molar-refractivity contribution in [2.45, 2.75) is 50.4 Å². The third-order valence-electron chi connectivity index (χ3n) is 9.50. The second-order valence-electron chi connectivity index (χ2n) is 12.8. The summed E-state index contributed by atoms with van der Waals surface area (Å²) < 4.78 is 5.63. The van der Waals surface area contributed by atoms with E-state index in [0.717, 1.165) is 38.9 Å². The summed E-state index contributed by atoms with van der Waals surface area (Å²) in [5.41, 5.74) is 7.20. The van der Waals surface area contributed by atoms with Crippen LogP contribution < -0.4 is 16.0 Å². The highest BCUT2D eigenvalue weighted by Crippen LogP contribution is 2.44. The molecule has 51 heavy (non-hydrogen) atoms. The number of aryl methyl sites for hydroxylation is 1. The quantitative estimate of drug-likeness (QED) is 0.156. The fourth-order valence-corrected chi connectivity index (χ4v) is 6.89. The van der Waals surface area contributed by atoms with E-state index in [1.165, 1.54) is 4.90 Å². The Kier molecular flexibility index (Phi) is 10.9. The third kappa shape index (κ3) is 8.36. The number of likely N-dealkylation sites (tertiary alicyclic amines) is 1. The number of nitriles is 1. The molecular weight excluding hydrogens is 646 g/mol. The number of fused-ring (bicyclic) bond motifs is 3. The van der Waals surface area contributed by atoms with E-state index in [1.807, 2.05) is 78.9 Å². The SMILES string of the molecule is N#C[C@@H]1C[C@@H](C(=O)NCc2ccc(CNC(=O)OCC3c4ccccc4-c4ccccc43)cc2)N(C(=O)C(CCc2ccccc2)NC(=O)O)C1. The zero-order valence-electron chi connectivity index (χ0n) is 28.0. The Morgan fingerprint density at radius 3 is 2.00 bits per heavy atom. The normalized spacial score (nSPS) is 16.6. The largest absolute Gasteiger partial charge is 0.465 e. The highest BCUT2D eigenvalue weighted by Gasteiger charge is 2.42. The number of nitrogens with zero attached hydrogens (tertiary/aromatic N) is 2. The Morgan fingerprint density at radius 1 is 0.804 bits per heavy atom. The van der Waals surface area contributed by atoms with Crippen molar-refractivity contribution in [2.75, 3.05) is 13.2 Å². The second kappa shape index (κ2) is 16.0. The molecule has 1 unspecified atom stereocenters. The number of amides is 4. The minimum atomic E-state index is -1.34. The summed E-state index contributed by atoms with van der Waals surface area (Å²) >= 11 is 0. The predicted molar refractivity (Wildman–Crippen MR) is 189 cm³/mol. The molecule has 1 saturated heterocycles. The van der Waals surface area contributed by atoms with Crippen molar-refractivity contribution in [3.63, 3.8) is 0 Å². The second-order valence-corrected chi connectivity index (χ2v) is 12.8. The molecule has 1 aliphatic carbocycles. The fourth-order valence-electron chi connectivity index (χ4n) is 6.89. The van der Waals surface area contributed by atoms with Gasteiger partial charge < -0.3 is 30.7 Å². The Balaban J connectivity index is 0.991. The van der Waals surface area contributed by atoms with Crippen molar-refractivity contribution in [1.29, 1.82) is 5.26 Å². The first kappa shape index (κ1) is 34.7. The van der Waals surface area contributed by atoms with Gasteiger partial charge in [0.15, 0.2) is 0 Å². The minimum absolute atomic E-state index is 0.0275. The molecule has 0 saturated carbocycles. The van der Waals surface area contributed by atoms with Crippen molar-refractivity contribution in [3.8, 4) is 17.2 Å². The summed E-state index contributed by atoms with van der Waals surface area (Å²) in [7, 11) is 0. The lowest BCUT2D eigenvalue weighted by Crippen LogP contribution is -2.53. The first-order valence-electron chi connectivity index (χ1n) is 17.0. The summed E-state index contributed by atoms with van der Waals surface area (Å²) in [6.07, 6.45) is -1.02. The molecule has 3 atom stereocenters. The van der Waals surface area contributed by atoms with E-state index < -0.39 is 42.0 Å². The number of nitrogens with one attached hydrogen (secondary N) is 3. The van der Waals surface area contributed by atoms with Crippen molar-refractivity contribution >= 4 is 24.0 Å². The smallest absolute Gasteiger partial charge is 0.407 e. The van der Waals surface area contributed by atoms with Gasteiger partial charge in [0.1, 0.15) is 18.7 Å². The molecule has 4 amide bonds. The number of hydrogen-bond donors (Lipinski definition) is 4. The van der Waals surface area contributed by atoms with E-state index in [1.54, 1.807) is 0 Å². The first-order chi connectivity index (χ1) is 24.8. The predicted octanol–water partition coefficient (Wildman–Crippen LogP) is 5.35. The van der Waals surface area contributed by atoms with Crippen molar-refractivity contribution in [1.82, 2.24) is 20.9 Å². The van der Waals surface area contributed by atoms with Crippen LogP contribution in [-0.4, -0.2) is 59.2 Å². The number of rotatable bonds is 12. The van der Waals surface area contributed by atoms with Gasteiger partial charge in [-0.25, -0.2) is 9.59 Å². The molecule has 1 heterocycles. The molecule has 0 spiro atoms. The molecule has 260 valence electrons. The third-order valence-corrected chi connectivity index (χ3v) is 9.50. The van der Waals surface area contributed by atoms with Crippen LogP contribution in [0, 0.1) is 17.2 Å². The molecule has 4 aromatic rings. The van der Waals surface area contributed by atoms with Crippen LogP contribution in [0.15, 0.2) is 103 Å². The van der Waals surface area contributed by atoms with Crippen LogP contribution in [0.3, 0.4) is 0 Å². The number of carbonyl (C=O) groups excluding carboxylic acids is 3. The Morgan fingerprint density at radius 2 is 1.39 bits per heavy atom. The van der Waals surface area contributed by atoms with Crippen molar-refractivity contribution < 1.29 is 29.0 Å². The highest BCUT2D eigenvalue weighted by atomic mass is 16.5. The highest BCUT2D eigenvalue weighted by molar-refractivity contribution is 5.92. The Hall–Kier alpha value is -6.15. The standard InChI is InChI=1S/C40H39N5O6/c41-21-29-20-36(45(24-29)38(47)35(44-39(48)49)19-18-26-8-2-1-3-9-26)37(46)42-22-27-14-16-28(17-15-27)23-43-40(50)51-25-34-32-12-6-4-10-30(32)31-11-5-7-13-33(31)34/h1-17,29,34-36,44H,18-20,22-25H2,(H,42,46)(H,43,50)(H,48,49)/t29-,35?,36-/m0/s1. The van der Waals surface area contributed by atoms with Gasteiger partial charge in [-0.15, -0.1) is 0 Å². The van der Waals surface area contributed by atoms with Gasteiger partial charge in [-0.2, -0.15) is 5.26 Å². The average molecular weight is 686 g/mol. The van der Waals surface area contributed by atoms with E-state index in [9.17, 15) is 29.5 Å². The van der Waals surface area contributed by atoms with Gasteiger partial charge in [0.2, 0.25) is 11.8 Å². The molecule has 2 aliphatic rings. The lowest BCUT2D eigenvalue weighted by Gasteiger charge is -2.28. The van der Waals surface area contributed by atoms with Crippen LogP contribution >= 0.6 is 0 Å². The monoisotopic (exact) mass is 685 g/mol. The van der Waals surface area contributed by atoms with E-state index in [4.69, 9.17) is 4.74 Å². The van der Waals surface area contributed by atoms with Crippen LogP contribution in [0.4, 0.5) is 9.59 Å². The van der Waals surface area contributed by atoms with E-state index in [-0.39, 0.29) is 45.0 Å². The number of carboxylic acid groups (broad SMARTS) is 1. The van der Waals surface area contributed by atoms with E-state index in [0.29, 0.717) is 6.42 Å². The Labute approximate surface area is 296 Å². The van der Waals surface area contributed by atoms with Crippen LogP contribution in [0.2, 0.25) is 0 Å². The van der Waals surface area contributed by atoms with Gasteiger partial charge in [-0.1, -0.05) is 103 Å². The molecule has 4 aromatic carbocycles. The summed E-state index contributed by atoms with van der Waals surface area (Å²) in [5.74, 6) is -1.52. The molecule has 11 heteroatoms. The van der Waals surface area contributed by atoms with Crippen LogP contribution in [0.1, 0.15) is 46.6 Å². The molecule has 11 nitrogen and oxygen atoms in total. The van der Waals surface area contributed by atoms with Crippen molar-refractivity contribution in [2.24, 2.45) is 5.92 Å². The summed E-state index contributed by atoms with van der Waals surface area (Å²) in [5, 5.41) is 27.0. The average Bonchev–Trinajstić information content (AvgIpc) is 3.74. The lowest BCUT2D eigenvalue weighted by atomic mass is 9.98. The molecule has 6 rings (SSSR count). The van der Waals surface area contributed by atoms with Crippen LogP contribution in [-0.2, 0) is 33.8 Å². The lowest BCUT2D eigenvalue weighted by molar-refractivity contribution is -0.140. The van der Waals surface area contributed by atoms with Crippen LogP contribution in [0.5, 0.6) is 0 Å². The number of benzene rings is 4. The van der Waals surface area contributed by atoms with Gasteiger partial charge in [0.25, 0.3) is 0 Å². The number of ether oxygens (including phenoxy) is 1.